The molecular weight excluding hydrogens is 184 g/mol. The number of carbonyl (C=O) groups is 2. The van der Waals surface area contributed by atoms with E-state index in [1.807, 2.05) is 0 Å². The predicted molar refractivity (Wildman–Crippen MR) is 47.7 cm³/mol. The van der Waals surface area contributed by atoms with Crippen molar-refractivity contribution < 1.29 is 19.8 Å². The Labute approximate surface area is 80.5 Å². The van der Waals surface area contributed by atoms with E-state index in [0.717, 1.165) is 0 Å². The van der Waals surface area contributed by atoms with E-state index in [0.29, 0.717) is 12.8 Å². The average molecular weight is 194 g/mol. The van der Waals surface area contributed by atoms with Gasteiger partial charge >= 0.3 is 11.9 Å². The molecule has 0 saturated heterocycles. The van der Waals surface area contributed by atoms with Crippen molar-refractivity contribution in [2.75, 3.05) is 0 Å². The third kappa shape index (κ3) is 0.937. The zero-order valence-electron chi connectivity index (χ0n) is 7.43. The molecule has 4 heteroatoms. The lowest BCUT2D eigenvalue weighted by molar-refractivity contribution is -0.149. The van der Waals surface area contributed by atoms with Gasteiger partial charge in [-0.2, -0.15) is 0 Å². The van der Waals surface area contributed by atoms with Crippen molar-refractivity contribution in [1.29, 1.82) is 0 Å². The van der Waals surface area contributed by atoms with E-state index in [4.69, 9.17) is 10.2 Å². The van der Waals surface area contributed by atoms with Crippen molar-refractivity contribution in [3.05, 3.63) is 24.3 Å². The molecule has 3 aliphatic carbocycles. The summed E-state index contributed by atoms with van der Waals surface area (Å²) in [6, 6.07) is 0. The first kappa shape index (κ1) is 8.99. The van der Waals surface area contributed by atoms with E-state index in [1.54, 1.807) is 0 Å². The summed E-state index contributed by atoms with van der Waals surface area (Å²) in [5.74, 6) is -1.83. The average Bonchev–Trinajstić information content (AvgIpc) is 2.20. The Morgan fingerprint density at radius 2 is 1.14 bits per heavy atom. The van der Waals surface area contributed by atoms with Crippen LogP contribution in [0.15, 0.2) is 24.3 Å². The maximum atomic E-state index is 11.0. The molecule has 0 fully saturated rings. The Morgan fingerprint density at radius 1 is 0.857 bits per heavy atom. The zero-order valence-corrected chi connectivity index (χ0v) is 7.43. The molecule has 4 nitrogen and oxygen atoms in total. The molecule has 0 aromatic rings. The SMILES string of the molecule is O=C(O)C12C=CC(C(=O)O)(C=C1)CC2. The molecule has 74 valence electrons. The highest BCUT2D eigenvalue weighted by atomic mass is 16.4. The summed E-state index contributed by atoms with van der Waals surface area (Å²) in [6.45, 7) is 0. The third-order valence-corrected chi connectivity index (χ3v) is 3.11. The highest BCUT2D eigenvalue weighted by molar-refractivity contribution is 5.86. The van der Waals surface area contributed by atoms with Gasteiger partial charge in [-0.05, 0) is 12.8 Å². The summed E-state index contributed by atoms with van der Waals surface area (Å²) in [4.78, 5) is 21.9. The van der Waals surface area contributed by atoms with Crippen LogP contribution in [-0.2, 0) is 9.59 Å². The van der Waals surface area contributed by atoms with Crippen LogP contribution in [0.2, 0.25) is 0 Å². The molecule has 0 aromatic carbocycles. The van der Waals surface area contributed by atoms with E-state index < -0.39 is 22.8 Å². The molecule has 0 radical (unpaired) electrons. The van der Waals surface area contributed by atoms with Gasteiger partial charge in [0.05, 0.1) is 0 Å². The highest BCUT2D eigenvalue weighted by Gasteiger charge is 2.48. The van der Waals surface area contributed by atoms with Crippen LogP contribution in [0.4, 0.5) is 0 Å². The van der Waals surface area contributed by atoms with Crippen LogP contribution in [0.25, 0.3) is 0 Å². The number of hydrogen-bond acceptors (Lipinski definition) is 2. The van der Waals surface area contributed by atoms with Crippen molar-refractivity contribution in [2.24, 2.45) is 10.8 Å². The molecule has 2 bridgehead atoms. The molecule has 0 spiro atoms. The molecule has 0 heterocycles. The Bertz CT molecular complexity index is 316. The summed E-state index contributed by atoms with van der Waals surface area (Å²) in [5, 5.41) is 18.0. The van der Waals surface area contributed by atoms with Gasteiger partial charge in [0.1, 0.15) is 10.8 Å². The zero-order chi connectivity index (χ0) is 10.4. The predicted octanol–water partition coefficient (Wildman–Crippen LogP) is 1.05. The van der Waals surface area contributed by atoms with Gasteiger partial charge in [-0.25, -0.2) is 0 Å². The number of carboxylic acids is 2. The number of hydrogen-bond donors (Lipinski definition) is 2. The Balaban J connectivity index is 2.41. The molecule has 0 aromatic heterocycles. The topological polar surface area (TPSA) is 74.6 Å². The second kappa shape index (κ2) is 2.47. The molecule has 0 saturated carbocycles. The first-order valence-electron chi connectivity index (χ1n) is 4.38. The molecule has 3 rings (SSSR count). The van der Waals surface area contributed by atoms with Crippen LogP contribution in [0.5, 0.6) is 0 Å². The fourth-order valence-corrected chi connectivity index (χ4v) is 1.95. The minimum Gasteiger partial charge on any atom is -0.480 e. The van der Waals surface area contributed by atoms with E-state index in [-0.39, 0.29) is 0 Å². The normalized spacial score (nSPS) is 38.6. The third-order valence-electron chi connectivity index (χ3n) is 3.11. The van der Waals surface area contributed by atoms with Crippen molar-refractivity contribution in [1.82, 2.24) is 0 Å². The van der Waals surface area contributed by atoms with Crippen LogP contribution < -0.4 is 0 Å². The van der Waals surface area contributed by atoms with E-state index in [2.05, 4.69) is 0 Å². The second-order valence-corrected chi connectivity index (χ2v) is 3.86. The van der Waals surface area contributed by atoms with Crippen molar-refractivity contribution in [3.8, 4) is 0 Å². The molecule has 14 heavy (non-hydrogen) atoms. The maximum Gasteiger partial charge on any atom is 0.317 e. The number of carboxylic acid groups (broad SMARTS) is 2. The Morgan fingerprint density at radius 3 is 1.29 bits per heavy atom. The number of rotatable bonds is 2. The first-order valence-corrected chi connectivity index (χ1v) is 4.38. The molecule has 0 unspecified atom stereocenters. The number of aliphatic carboxylic acids is 2. The minimum absolute atomic E-state index is 0.363. The van der Waals surface area contributed by atoms with Crippen LogP contribution in [0, 0.1) is 10.8 Å². The molecule has 0 aliphatic heterocycles. The fourth-order valence-electron chi connectivity index (χ4n) is 1.95. The van der Waals surface area contributed by atoms with Crippen molar-refractivity contribution >= 4 is 11.9 Å². The van der Waals surface area contributed by atoms with Crippen molar-refractivity contribution in [2.45, 2.75) is 12.8 Å². The number of fused-ring (bicyclic) bond motifs is 1. The summed E-state index contributed by atoms with van der Waals surface area (Å²) in [7, 11) is 0. The lowest BCUT2D eigenvalue weighted by Gasteiger charge is -2.38. The monoisotopic (exact) mass is 194 g/mol. The standard InChI is InChI=1S/C10H10O4/c11-7(12)9-1-2-10(5-3-9,6-4-9)8(13)14/h1-3,5H,4,6H2,(H,11,12)(H,13,14). The molecule has 0 atom stereocenters. The lowest BCUT2D eigenvalue weighted by Crippen LogP contribution is -2.41. The fraction of sp³-hybridized carbons (Fsp3) is 0.400. The van der Waals surface area contributed by atoms with Gasteiger partial charge in [0.2, 0.25) is 0 Å². The summed E-state index contributed by atoms with van der Waals surface area (Å²) in [6.07, 6.45) is 6.70. The molecular formula is C10H10O4. The summed E-state index contributed by atoms with van der Waals surface area (Å²) < 4.78 is 0. The van der Waals surface area contributed by atoms with Gasteiger partial charge in [-0.1, -0.05) is 24.3 Å². The largest absolute Gasteiger partial charge is 0.480 e. The first-order chi connectivity index (χ1) is 6.51. The van der Waals surface area contributed by atoms with Gasteiger partial charge in [0.25, 0.3) is 0 Å². The van der Waals surface area contributed by atoms with Crippen LogP contribution in [0.1, 0.15) is 12.8 Å². The van der Waals surface area contributed by atoms with Crippen LogP contribution in [-0.4, -0.2) is 22.2 Å². The minimum atomic E-state index is -0.961. The molecule has 0 amide bonds. The second-order valence-electron chi connectivity index (χ2n) is 3.86. The van der Waals surface area contributed by atoms with Gasteiger partial charge in [-0.15, -0.1) is 0 Å². The summed E-state index contributed by atoms with van der Waals surface area (Å²) >= 11 is 0. The van der Waals surface area contributed by atoms with Gasteiger partial charge in [-0.3, -0.25) is 9.59 Å². The van der Waals surface area contributed by atoms with Crippen LogP contribution >= 0.6 is 0 Å². The Hall–Kier alpha value is -1.58. The molecule has 2 N–H and O–H groups in total. The summed E-state index contributed by atoms with van der Waals surface area (Å²) in [5.41, 5.74) is -1.92. The van der Waals surface area contributed by atoms with E-state index >= 15 is 0 Å². The maximum absolute atomic E-state index is 11.0. The van der Waals surface area contributed by atoms with Crippen molar-refractivity contribution in [3.63, 3.8) is 0 Å². The van der Waals surface area contributed by atoms with Gasteiger partial charge in [0.15, 0.2) is 0 Å². The highest BCUT2D eigenvalue weighted by Crippen LogP contribution is 2.47. The van der Waals surface area contributed by atoms with E-state index in [9.17, 15) is 9.59 Å². The quantitative estimate of drug-likeness (QED) is 0.644. The van der Waals surface area contributed by atoms with Gasteiger partial charge in [0, 0.05) is 0 Å². The van der Waals surface area contributed by atoms with Crippen LogP contribution in [0.3, 0.4) is 0 Å². The van der Waals surface area contributed by atoms with Gasteiger partial charge < -0.3 is 10.2 Å². The smallest absolute Gasteiger partial charge is 0.317 e. The molecule has 3 aliphatic rings. The van der Waals surface area contributed by atoms with E-state index in [1.165, 1.54) is 24.3 Å². The Kier molecular flexibility index (Phi) is 1.58. The lowest BCUT2D eigenvalue weighted by atomic mass is 9.63.